The quantitative estimate of drug-likeness (QED) is 0.489. The second-order valence-electron chi connectivity index (χ2n) is 7.08. The van der Waals surface area contributed by atoms with E-state index < -0.39 is 18.1 Å². The number of nitrogens with zero attached hydrogens (tertiary/aromatic N) is 2. The first-order chi connectivity index (χ1) is 15.7. The Morgan fingerprint density at radius 3 is 2.52 bits per heavy atom. The summed E-state index contributed by atoms with van der Waals surface area (Å²) in [5.74, 6) is -0.784. The van der Waals surface area contributed by atoms with Crippen molar-refractivity contribution in [2.75, 3.05) is 12.4 Å². The lowest BCUT2D eigenvalue weighted by atomic mass is 9.82. The maximum atomic E-state index is 13.4. The molecule has 3 N–H and O–H groups in total. The molecule has 170 valence electrons. The van der Waals surface area contributed by atoms with Gasteiger partial charge in [-0.3, -0.25) is 14.5 Å². The maximum Gasteiger partial charge on any atom is 0.387 e. The third-order valence-corrected chi connectivity index (χ3v) is 6.94. The average Bonchev–Trinajstić information content (AvgIpc) is 3.31. The first kappa shape index (κ1) is 22.9. The van der Waals surface area contributed by atoms with Crippen LogP contribution in [0.1, 0.15) is 20.8 Å². The van der Waals surface area contributed by atoms with Crippen LogP contribution in [0, 0.1) is 0 Å². The van der Waals surface area contributed by atoms with Gasteiger partial charge in [0.2, 0.25) is 0 Å². The molecule has 1 aliphatic rings. The van der Waals surface area contributed by atoms with Crippen molar-refractivity contribution in [2.45, 2.75) is 12.2 Å². The maximum absolute atomic E-state index is 13.4. The molecule has 1 unspecified atom stereocenters. The minimum atomic E-state index is -2.97. The Labute approximate surface area is 200 Å². The zero-order valence-corrected chi connectivity index (χ0v) is 19.5. The van der Waals surface area contributed by atoms with Gasteiger partial charge in [-0.05, 0) is 62.8 Å². The third-order valence-electron chi connectivity index (χ3n) is 5.10. The van der Waals surface area contributed by atoms with Gasteiger partial charge >= 0.3 is 6.61 Å². The molecule has 11 heteroatoms. The molecule has 0 aliphatic carbocycles. The monoisotopic (exact) mass is 534 g/mol. The number of ether oxygens (including phenoxy) is 1. The van der Waals surface area contributed by atoms with Crippen LogP contribution in [0.15, 0.2) is 69.4 Å². The number of carbonyl (C=O) groups excluding carboxylic acids is 2. The molecule has 0 saturated heterocycles. The van der Waals surface area contributed by atoms with Gasteiger partial charge in [0.05, 0.1) is 0 Å². The van der Waals surface area contributed by atoms with Crippen LogP contribution >= 0.6 is 27.3 Å². The van der Waals surface area contributed by atoms with Gasteiger partial charge in [-0.25, -0.2) is 4.99 Å². The van der Waals surface area contributed by atoms with Gasteiger partial charge in [-0.2, -0.15) is 8.78 Å². The van der Waals surface area contributed by atoms with E-state index in [1.54, 1.807) is 35.7 Å². The van der Waals surface area contributed by atoms with Crippen LogP contribution in [-0.2, 0) is 10.3 Å². The van der Waals surface area contributed by atoms with E-state index >= 15 is 0 Å². The molecular formula is C22H17BrF2N4O3S. The first-order valence-corrected chi connectivity index (χ1v) is 11.2. The lowest BCUT2D eigenvalue weighted by Gasteiger charge is -2.26. The van der Waals surface area contributed by atoms with Crippen LogP contribution in [-0.4, -0.2) is 36.3 Å². The minimum absolute atomic E-state index is 0.00450. The van der Waals surface area contributed by atoms with Crippen LogP contribution in [0.4, 0.5) is 14.5 Å². The molecule has 2 heterocycles. The molecule has 7 nitrogen and oxygen atoms in total. The fraction of sp³-hybridized carbons (Fsp3) is 0.136. The molecule has 1 atom stereocenters. The predicted molar refractivity (Wildman–Crippen MR) is 125 cm³/mol. The number of thiophene rings is 1. The van der Waals surface area contributed by atoms with Gasteiger partial charge in [0, 0.05) is 17.2 Å². The summed E-state index contributed by atoms with van der Waals surface area (Å²) in [4.78, 5) is 32.2. The smallest absolute Gasteiger partial charge is 0.387 e. The molecule has 2 amide bonds. The number of aliphatic imine (C=N–C) groups is 1. The number of guanidine groups is 1. The van der Waals surface area contributed by atoms with Crippen molar-refractivity contribution in [1.82, 2.24) is 4.90 Å². The van der Waals surface area contributed by atoms with E-state index in [-0.39, 0.29) is 17.6 Å². The van der Waals surface area contributed by atoms with Crippen molar-refractivity contribution >= 4 is 50.7 Å². The summed E-state index contributed by atoms with van der Waals surface area (Å²) in [5.41, 5.74) is 5.73. The molecule has 1 aromatic heterocycles. The largest absolute Gasteiger partial charge is 0.435 e. The van der Waals surface area contributed by atoms with E-state index in [9.17, 15) is 18.4 Å². The average molecular weight is 535 g/mol. The van der Waals surface area contributed by atoms with E-state index in [0.29, 0.717) is 26.2 Å². The number of nitrogens with two attached hydrogens (primary N) is 1. The van der Waals surface area contributed by atoms with Crippen molar-refractivity contribution in [1.29, 1.82) is 0 Å². The van der Waals surface area contributed by atoms with Crippen LogP contribution in [0.25, 0.3) is 0 Å². The number of rotatable bonds is 6. The van der Waals surface area contributed by atoms with Gasteiger partial charge in [0.15, 0.2) is 11.5 Å². The third kappa shape index (κ3) is 4.21. The van der Waals surface area contributed by atoms with Crippen LogP contribution < -0.4 is 15.8 Å². The fourth-order valence-electron chi connectivity index (χ4n) is 3.53. The van der Waals surface area contributed by atoms with Crippen LogP contribution in [0.3, 0.4) is 0 Å². The predicted octanol–water partition coefficient (Wildman–Crippen LogP) is 4.39. The molecular weight excluding hydrogens is 518 g/mol. The van der Waals surface area contributed by atoms with Crippen LogP contribution in [0.2, 0.25) is 0 Å². The van der Waals surface area contributed by atoms with E-state index in [1.807, 2.05) is 0 Å². The zero-order chi connectivity index (χ0) is 23.8. The van der Waals surface area contributed by atoms with Crippen LogP contribution in [0.5, 0.6) is 5.75 Å². The number of hydrogen-bond acceptors (Lipinski definition) is 6. The summed E-state index contributed by atoms with van der Waals surface area (Å²) in [6.07, 6.45) is 0. The highest BCUT2D eigenvalue weighted by molar-refractivity contribution is 9.10. The van der Waals surface area contributed by atoms with Gasteiger partial charge in [0.25, 0.3) is 11.8 Å². The summed E-state index contributed by atoms with van der Waals surface area (Å²) in [6, 6.07) is 14.1. The number of hydrogen-bond donors (Lipinski definition) is 2. The topological polar surface area (TPSA) is 97.0 Å². The molecule has 1 aliphatic heterocycles. The lowest BCUT2D eigenvalue weighted by molar-refractivity contribution is -0.129. The SMILES string of the molecule is CN1C(=O)C(c2ccc(OC(F)F)cc2)(c2cccc(NC(=O)c3sccc3Br)c2)N=C1N. The van der Waals surface area contributed by atoms with Crippen molar-refractivity contribution in [2.24, 2.45) is 10.7 Å². The standard InChI is InChI=1S/C22H17BrF2N4O3S/c1-29-19(31)22(28-21(29)26,12-5-7-15(8-6-12)32-20(24)25)13-3-2-4-14(11-13)27-18(30)17-16(23)9-10-33-17/h2-11,20H,1H3,(H2,26,28)(H,27,30). The highest BCUT2D eigenvalue weighted by Gasteiger charge is 2.49. The Balaban J connectivity index is 1.75. The normalized spacial score (nSPS) is 17.9. The van der Waals surface area contributed by atoms with Gasteiger partial charge in [-0.15, -0.1) is 11.3 Å². The lowest BCUT2D eigenvalue weighted by Crippen LogP contribution is -2.41. The van der Waals surface area contributed by atoms with Crippen molar-refractivity contribution in [3.05, 3.63) is 80.5 Å². The van der Waals surface area contributed by atoms with Gasteiger partial charge in [0.1, 0.15) is 10.6 Å². The second-order valence-corrected chi connectivity index (χ2v) is 8.85. The number of carbonyl (C=O) groups is 2. The van der Waals surface area contributed by atoms with Crippen molar-refractivity contribution in [3.8, 4) is 5.75 Å². The van der Waals surface area contributed by atoms with Gasteiger partial charge < -0.3 is 15.8 Å². The second kappa shape index (κ2) is 8.91. The fourth-order valence-corrected chi connectivity index (χ4v) is 4.97. The molecule has 3 aromatic rings. The molecule has 2 aromatic carbocycles. The number of benzene rings is 2. The van der Waals surface area contributed by atoms with E-state index in [2.05, 4.69) is 31.0 Å². The Morgan fingerprint density at radius 1 is 1.21 bits per heavy atom. The Hall–Kier alpha value is -3.31. The number of amides is 2. The number of alkyl halides is 2. The molecule has 0 radical (unpaired) electrons. The number of nitrogens with one attached hydrogen (secondary N) is 1. The Kier molecular flexibility index (Phi) is 6.17. The van der Waals surface area contributed by atoms with E-state index in [1.165, 1.54) is 47.5 Å². The summed E-state index contributed by atoms with van der Waals surface area (Å²) in [6.45, 7) is -2.97. The Bertz CT molecular complexity index is 1250. The number of anilines is 1. The van der Waals surface area contributed by atoms with Crippen molar-refractivity contribution < 1.29 is 23.1 Å². The molecule has 4 rings (SSSR count). The molecule has 0 saturated carbocycles. The summed E-state index contributed by atoms with van der Waals surface area (Å²) >= 11 is 4.63. The summed E-state index contributed by atoms with van der Waals surface area (Å²) < 4.78 is 30.2. The Morgan fingerprint density at radius 2 is 1.94 bits per heavy atom. The molecule has 0 fully saturated rings. The molecule has 0 bridgehead atoms. The highest BCUT2D eigenvalue weighted by atomic mass is 79.9. The molecule has 33 heavy (non-hydrogen) atoms. The summed E-state index contributed by atoms with van der Waals surface area (Å²) in [7, 11) is 1.50. The summed E-state index contributed by atoms with van der Waals surface area (Å²) in [5, 5.41) is 4.61. The van der Waals surface area contributed by atoms with Gasteiger partial charge in [-0.1, -0.05) is 24.3 Å². The highest BCUT2D eigenvalue weighted by Crippen LogP contribution is 2.40. The minimum Gasteiger partial charge on any atom is -0.435 e. The van der Waals surface area contributed by atoms with E-state index in [4.69, 9.17) is 5.73 Å². The molecule has 0 spiro atoms. The first-order valence-electron chi connectivity index (χ1n) is 9.56. The number of likely N-dealkylation sites (N-methyl/N-ethyl adjacent to an activating group) is 1. The van der Waals surface area contributed by atoms with Crippen molar-refractivity contribution in [3.63, 3.8) is 0 Å². The van der Waals surface area contributed by atoms with E-state index in [0.717, 1.165) is 0 Å². The zero-order valence-electron chi connectivity index (χ0n) is 17.1. The number of halogens is 3.